The van der Waals surface area contributed by atoms with Crippen LogP contribution in [0.15, 0.2) is 29.0 Å². The Kier molecular flexibility index (Phi) is 3.96. The van der Waals surface area contributed by atoms with E-state index < -0.39 is 10.8 Å². The van der Waals surface area contributed by atoms with Crippen LogP contribution in [0.4, 0.5) is 0 Å². The number of allylic oxidation sites excluding steroid dienone is 1. The minimum atomic E-state index is -1.28. The van der Waals surface area contributed by atoms with E-state index >= 15 is 0 Å². The lowest BCUT2D eigenvalue weighted by molar-refractivity contribution is -0.113. The molecule has 0 aromatic rings. The highest BCUT2D eigenvalue weighted by molar-refractivity contribution is 7.86. The van der Waals surface area contributed by atoms with Gasteiger partial charge in [0.05, 0.1) is 23.6 Å². The lowest BCUT2D eigenvalue weighted by Gasteiger charge is -2.14. The van der Waals surface area contributed by atoms with Gasteiger partial charge in [-0.3, -0.25) is 14.0 Å². The topological polar surface area (TPSA) is 66.7 Å². The molecule has 1 heterocycles. The summed E-state index contributed by atoms with van der Waals surface area (Å²) in [6, 6.07) is 0. The van der Waals surface area contributed by atoms with Gasteiger partial charge in [0.1, 0.15) is 5.76 Å². The molecule has 1 atom stereocenters. The van der Waals surface area contributed by atoms with Crippen molar-refractivity contribution < 1.29 is 14.1 Å². The molecule has 0 aliphatic carbocycles. The van der Waals surface area contributed by atoms with E-state index in [0.29, 0.717) is 12.3 Å². The van der Waals surface area contributed by atoms with Crippen LogP contribution in [-0.4, -0.2) is 38.9 Å². The minimum Gasteiger partial charge on any atom is -0.511 e. The van der Waals surface area contributed by atoms with Gasteiger partial charge in [-0.15, -0.1) is 6.58 Å². The summed E-state index contributed by atoms with van der Waals surface area (Å²) in [6.45, 7) is 5.56. The quantitative estimate of drug-likeness (QED) is 0.572. The number of aliphatic imine (C=N–C) groups is 1. The largest absolute Gasteiger partial charge is 0.511 e. The fourth-order valence-electron chi connectivity index (χ4n) is 1.35. The van der Waals surface area contributed by atoms with Gasteiger partial charge < -0.3 is 5.11 Å². The number of rotatable bonds is 3. The van der Waals surface area contributed by atoms with Crippen LogP contribution in [0.1, 0.15) is 6.92 Å². The van der Waals surface area contributed by atoms with Crippen molar-refractivity contribution in [1.29, 1.82) is 0 Å². The Morgan fingerprint density at radius 2 is 2.33 bits per heavy atom. The molecule has 1 aliphatic heterocycles. The average molecular weight is 227 g/mol. The third kappa shape index (κ3) is 2.86. The van der Waals surface area contributed by atoms with E-state index in [1.165, 1.54) is 0 Å². The second-order valence-corrected chi connectivity index (χ2v) is 4.65. The molecule has 0 amide bonds. The molecule has 0 spiro atoms. The van der Waals surface area contributed by atoms with E-state index in [0.717, 1.165) is 0 Å². The van der Waals surface area contributed by atoms with Crippen molar-refractivity contribution in [3.8, 4) is 0 Å². The van der Waals surface area contributed by atoms with Crippen LogP contribution in [-0.2, 0) is 15.6 Å². The number of hydrogen-bond acceptors (Lipinski definition) is 4. The maximum absolute atomic E-state index is 11.5. The zero-order chi connectivity index (χ0) is 11.4. The summed E-state index contributed by atoms with van der Waals surface area (Å²) in [4.78, 5) is 15.6. The zero-order valence-corrected chi connectivity index (χ0v) is 9.34. The monoisotopic (exact) mass is 227 g/mol. The molecular formula is C10H13NO3S. The van der Waals surface area contributed by atoms with Gasteiger partial charge in [-0.1, -0.05) is 6.08 Å². The van der Waals surface area contributed by atoms with Gasteiger partial charge in [0.25, 0.3) is 0 Å². The first-order chi connectivity index (χ1) is 7.06. The first-order valence-corrected chi connectivity index (χ1v) is 5.97. The molecule has 1 N–H and O–H groups in total. The van der Waals surface area contributed by atoms with Crippen molar-refractivity contribution in [1.82, 2.24) is 0 Å². The summed E-state index contributed by atoms with van der Waals surface area (Å²) in [6.07, 6.45) is 1.60. The highest BCUT2D eigenvalue weighted by atomic mass is 32.2. The Balaban J connectivity index is 3.01. The first-order valence-electron chi connectivity index (χ1n) is 4.49. The van der Waals surface area contributed by atoms with Crippen LogP contribution < -0.4 is 0 Å². The molecule has 15 heavy (non-hydrogen) atoms. The number of nitrogens with zero attached hydrogens (tertiary/aromatic N) is 1. The van der Waals surface area contributed by atoms with E-state index in [-0.39, 0.29) is 28.6 Å². The third-order valence-electron chi connectivity index (χ3n) is 1.98. The van der Waals surface area contributed by atoms with Gasteiger partial charge in [0, 0.05) is 16.5 Å². The first kappa shape index (κ1) is 11.8. The predicted molar refractivity (Wildman–Crippen MR) is 60.7 cm³/mol. The smallest absolute Gasteiger partial charge is 0.180 e. The van der Waals surface area contributed by atoms with E-state index in [9.17, 15) is 14.1 Å². The zero-order valence-electron chi connectivity index (χ0n) is 8.52. The van der Waals surface area contributed by atoms with E-state index in [1.54, 1.807) is 13.0 Å². The number of carbonyl (C=O) groups excluding carboxylic acids is 1. The highest BCUT2D eigenvalue weighted by Crippen LogP contribution is 2.14. The minimum absolute atomic E-state index is 0.0274. The fourth-order valence-corrected chi connectivity index (χ4v) is 2.33. The normalized spacial score (nSPS) is 23.1. The number of Topliss-reactive ketones (excluding diaryl/α,β-unsaturated/α-hetero) is 1. The molecule has 0 radical (unpaired) electrons. The van der Waals surface area contributed by atoms with Crippen LogP contribution >= 0.6 is 0 Å². The molecular weight excluding hydrogens is 214 g/mol. The molecule has 0 fully saturated rings. The number of carbonyl (C=O) groups is 1. The highest BCUT2D eigenvalue weighted by Gasteiger charge is 2.26. The maximum Gasteiger partial charge on any atom is 0.180 e. The Morgan fingerprint density at radius 1 is 1.67 bits per heavy atom. The van der Waals surface area contributed by atoms with Crippen molar-refractivity contribution in [3.05, 3.63) is 24.0 Å². The Labute approximate surface area is 90.9 Å². The van der Waals surface area contributed by atoms with Gasteiger partial charge in [0.15, 0.2) is 5.78 Å². The van der Waals surface area contributed by atoms with E-state index in [4.69, 9.17) is 0 Å². The Hall–Kier alpha value is -1.23. The van der Waals surface area contributed by atoms with Crippen molar-refractivity contribution >= 4 is 22.3 Å². The number of hydrogen-bond donors (Lipinski definition) is 1. The van der Waals surface area contributed by atoms with Crippen LogP contribution in [0.5, 0.6) is 0 Å². The number of aliphatic hydroxyl groups is 1. The SMILES string of the molecule is C=CCN=C(C)C1=C(O)CS(=O)CC1=O. The summed E-state index contributed by atoms with van der Waals surface area (Å²) in [5, 5.41) is 9.54. The lowest BCUT2D eigenvalue weighted by atomic mass is 10.1. The molecule has 0 saturated carbocycles. The van der Waals surface area contributed by atoms with Crippen LogP contribution in [0, 0.1) is 0 Å². The van der Waals surface area contributed by atoms with Crippen LogP contribution in [0.3, 0.4) is 0 Å². The second-order valence-electron chi connectivity index (χ2n) is 3.19. The molecule has 5 heteroatoms. The summed E-state index contributed by atoms with van der Waals surface area (Å²) < 4.78 is 11.1. The van der Waals surface area contributed by atoms with E-state index in [2.05, 4.69) is 11.6 Å². The average Bonchev–Trinajstić information content (AvgIpc) is 2.12. The molecule has 4 nitrogen and oxygen atoms in total. The molecule has 1 rings (SSSR count). The molecule has 0 bridgehead atoms. The van der Waals surface area contributed by atoms with Gasteiger partial charge in [-0.25, -0.2) is 0 Å². The fraction of sp³-hybridized carbons (Fsp3) is 0.400. The standard InChI is InChI=1S/C10H13NO3S/c1-3-4-11-7(2)10-8(12)5-15(14)6-9(10)13/h3,12H,1,4-6H2,2H3. The summed E-state index contributed by atoms with van der Waals surface area (Å²) >= 11 is 0. The number of aliphatic hydroxyl groups excluding tert-OH is 1. The van der Waals surface area contributed by atoms with Crippen LogP contribution in [0.25, 0.3) is 0 Å². The summed E-state index contributed by atoms with van der Waals surface area (Å²) in [5.74, 6) is -0.403. The van der Waals surface area contributed by atoms with Crippen molar-refractivity contribution in [2.45, 2.75) is 6.92 Å². The van der Waals surface area contributed by atoms with Crippen molar-refractivity contribution in [3.63, 3.8) is 0 Å². The summed E-state index contributed by atoms with van der Waals surface area (Å²) in [7, 11) is -1.28. The molecule has 0 aromatic carbocycles. The van der Waals surface area contributed by atoms with Gasteiger partial charge in [-0.05, 0) is 6.92 Å². The Bertz CT molecular complexity index is 382. The van der Waals surface area contributed by atoms with Gasteiger partial charge >= 0.3 is 0 Å². The molecule has 82 valence electrons. The van der Waals surface area contributed by atoms with E-state index in [1.807, 2.05) is 0 Å². The molecule has 1 unspecified atom stereocenters. The van der Waals surface area contributed by atoms with Crippen molar-refractivity contribution in [2.24, 2.45) is 4.99 Å². The predicted octanol–water partition coefficient (Wildman–Crippen LogP) is 0.777. The maximum atomic E-state index is 11.5. The Morgan fingerprint density at radius 3 is 2.87 bits per heavy atom. The van der Waals surface area contributed by atoms with Gasteiger partial charge in [0.2, 0.25) is 0 Å². The van der Waals surface area contributed by atoms with Crippen LogP contribution in [0.2, 0.25) is 0 Å². The third-order valence-corrected chi connectivity index (χ3v) is 3.16. The molecule has 0 saturated heterocycles. The number of ketones is 1. The van der Waals surface area contributed by atoms with Crippen molar-refractivity contribution in [2.75, 3.05) is 18.1 Å². The second kappa shape index (κ2) is 5.02. The van der Waals surface area contributed by atoms with Gasteiger partial charge in [-0.2, -0.15) is 0 Å². The summed E-state index contributed by atoms with van der Waals surface area (Å²) in [5.41, 5.74) is 0.700. The lowest BCUT2D eigenvalue weighted by Crippen LogP contribution is -2.27. The molecule has 0 aromatic heterocycles. The molecule has 1 aliphatic rings.